The van der Waals surface area contributed by atoms with Gasteiger partial charge >= 0.3 is 5.97 Å². The molecule has 0 aliphatic heterocycles. The second-order valence-corrected chi connectivity index (χ2v) is 1.82. The molecule has 0 aromatic rings. The van der Waals surface area contributed by atoms with Crippen molar-refractivity contribution in [2.75, 3.05) is 6.52 Å². The number of aliphatic carboxylic acids is 1. The number of rotatable bonds is 6. The second kappa shape index (κ2) is 5.90. The quantitative estimate of drug-likeness (QED) is 0.239. The lowest BCUT2D eigenvalue weighted by Crippen LogP contribution is -2.45. The summed E-state index contributed by atoms with van der Waals surface area (Å²) < 4.78 is 44.2. The second-order valence-electron chi connectivity index (χ2n) is 1.82. The zero-order valence-electron chi connectivity index (χ0n) is 12.2. The fourth-order valence-electron chi connectivity index (χ4n) is 0.305. The molecule has 0 aromatic heterocycles. The maximum atomic E-state index is 10.7. The number of nitrogens with two attached hydrogens (primary N) is 3. The highest BCUT2D eigenvalue weighted by Crippen LogP contribution is 1.92. The standard InChI is InChI=1S/C6H16N4O2/c7-4(5(11)12)2-1-3-10-6(8)9/h4,6,10H,1-3,7-9H2,(H,11,12)/i1D2,2+1D2,3D,4D. The lowest BCUT2D eigenvalue weighted by Gasteiger charge is -2.09. The monoisotopic (exact) mass is 183 g/mol. The average Bonchev–Trinajstić information content (AvgIpc) is 2.15. The molecule has 0 bridgehead atoms. The van der Waals surface area contributed by atoms with Crippen LogP contribution < -0.4 is 22.5 Å². The number of nitrogens with one attached hydrogen (secondary N) is 1. The van der Waals surface area contributed by atoms with E-state index in [-0.39, 0.29) is 0 Å². The number of hydrogen-bond acceptors (Lipinski definition) is 5. The molecule has 0 saturated heterocycles. The topological polar surface area (TPSA) is 127 Å². The van der Waals surface area contributed by atoms with Gasteiger partial charge in [-0.05, 0) is 19.3 Å². The largest absolute Gasteiger partial charge is 0.480 e. The van der Waals surface area contributed by atoms with Gasteiger partial charge in [-0.1, -0.05) is 0 Å². The Balaban J connectivity index is 5.37. The van der Waals surface area contributed by atoms with Crippen LogP contribution in [0.2, 0.25) is 0 Å². The van der Waals surface area contributed by atoms with Gasteiger partial charge in [-0.25, -0.2) is 0 Å². The Morgan fingerprint density at radius 2 is 2.25 bits per heavy atom. The van der Waals surface area contributed by atoms with Crippen molar-refractivity contribution in [1.29, 1.82) is 0 Å². The molecule has 0 aliphatic rings. The highest BCUT2D eigenvalue weighted by Gasteiger charge is 2.09. The minimum atomic E-state index is -3.36. The first kappa shape index (κ1) is 4.52. The molecule has 0 aliphatic carbocycles. The van der Waals surface area contributed by atoms with E-state index in [1.165, 1.54) is 0 Å². The summed E-state index contributed by atoms with van der Waals surface area (Å²) in [6, 6.07) is -3.27. The molecule has 6 nitrogen and oxygen atoms in total. The Hall–Kier alpha value is -0.690. The molecule has 2 atom stereocenters. The van der Waals surface area contributed by atoms with Crippen LogP contribution in [0.4, 0.5) is 0 Å². The van der Waals surface area contributed by atoms with Gasteiger partial charge in [0.1, 0.15) is 12.3 Å². The van der Waals surface area contributed by atoms with Crippen LogP contribution in [0.25, 0.3) is 0 Å². The Kier molecular flexibility index (Phi) is 2.22. The molecular weight excluding hydrogens is 161 g/mol. The van der Waals surface area contributed by atoms with Gasteiger partial charge in [-0.2, -0.15) is 0 Å². The summed E-state index contributed by atoms with van der Waals surface area (Å²) in [5.41, 5.74) is 15.1. The van der Waals surface area contributed by atoms with E-state index in [0.717, 1.165) is 0 Å². The predicted octanol–water partition coefficient (Wildman–Crippen LogP) is -2.03. The Bertz CT molecular complexity index is 323. The molecule has 0 rings (SSSR count). The summed E-state index contributed by atoms with van der Waals surface area (Å²) >= 11 is 0. The van der Waals surface area contributed by atoms with Gasteiger partial charge in [0, 0.05) is 6.85 Å². The molecule has 8 N–H and O–H groups in total. The lowest BCUT2D eigenvalue weighted by atomic mass is 10.4. The van der Waals surface area contributed by atoms with Crippen molar-refractivity contribution in [1.82, 2.24) is 5.32 Å². The van der Waals surface area contributed by atoms with E-state index in [4.69, 9.17) is 30.5 Å². The molecule has 0 heterocycles. The van der Waals surface area contributed by atoms with Crippen molar-refractivity contribution in [3.8, 4) is 0 Å². The van der Waals surface area contributed by atoms with Gasteiger partial charge in [0.15, 0.2) is 0 Å². The SMILES string of the molecule is [2H]C(NC(N)N)C([2H])([2H])[13C]([2H])([2H])C([2H])(N)C(=O)O. The Morgan fingerprint density at radius 1 is 1.67 bits per heavy atom. The molecule has 0 radical (unpaired) electrons. The highest BCUT2D eigenvalue weighted by molar-refractivity contribution is 5.72. The van der Waals surface area contributed by atoms with Crippen molar-refractivity contribution in [3.05, 3.63) is 0 Å². The fourth-order valence-corrected chi connectivity index (χ4v) is 0.305. The maximum Gasteiger partial charge on any atom is 0.320 e. The van der Waals surface area contributed by atoms with Gasteiger partial charge in [0.2, 0.25) is 0 Å². The van der Waals surface area contributed by atoms with Crippen molar-refractivity contribution in [3.63, 3.8) is 0 Å². The first-order chi connectivity index (χ1) is 7.78. The molecule has 0 aromatic carbocycles. The first-order valence-electron chi connectivity index (χ1n) is 6.08. The molecule has 12 heavy (non-hydrogen) atoms. The van der Waals surface area contributed by atoms with Crippen LogP contribution in [0.5, 0.6) is 0 Å². The van der Waals surface area contributed by atoms with E-state index < -0.39 is 37.5 Å². The summed E-state index contributed by atoms with van der Waals surface area (Å²) in [4.78, 5) is 10.7. The van der Waals surface area contributed by atoms with E-state index in [9.17, 15) is 4.79 Å². The number of carboxylic acid groups (broad SMARTS) is 1. The predicted molar refractivity (Wildman–Crippen MR) is 45.0 cm³/mol. The third-order valence-electron chi connectivity index (χ3n) is 0.785. The smallest absolute Gasteiger partial charge is 0.320 e. The Labute approximate surface area is 79.5 Å². The van der Waals surface area contributed by atoms with Crippen LogP contribution in [-0.4, -0.2) is 29.9 Å². The van der Waals surface area contributed by atoms with E-state index in [1.54, 1.807) is 0 Å². The van der Waals surface area contributed by atoms with Gasteiger partial charge < -0.3 is 22.3 Å². The summed E-state index contributed by atoms with van der Waals surface area (Å²) in [6.07, 6.45) is -7.78. The number of carboxylic acids is 1. The van der Waals surface area contributed by atoms with E-state index in [1.807, 2.05) is 5.32 Å². The summed E-state index contributed by atoms with van der Waals surface area (Å²) in [5, 5.41) is 10.6. The van der Waals surface area contributed by atoms with Crippen molar-refractivity contribution >= 4 is 5.97 Å². The molecule has 6 heteroatoms. The summed E-state index contributed by atoms with van der Waals surface area (Å²) in [6.45, 7) is -2.00. The fraction of sp³-hybridized carbons (Fsp3) is 0.833. The van der Waals surface area contributed by atoms with Gasteiger partial charge in [0.25, 0.3) is 0 Å². The van der Waals surface area contributed by atoms with Crippen molar-refractivity contribution in [2.45, 2.75) is 25.1 Å². The minimum Gasteiger partial charge on any atom is -0.480 e. The third kappa shape index (κ3) is 6.05. The van der Waals surface area contributed by atoms with Crippen LogP contribution >= 0.6 is 0 Å². The molecule has 0 amide bonds. The van der Waals surface area contributed by atoms with Crippen molar-refractivity contribution in [2.24, 2.45) is 17.2 Å². The van der Waals surface area contributed by atoms with Crippen LogP contribution in [0.1, 0.15) is 21.0 Å². The highest BCUT2D eigenvalue weighted by atomic mass is 16.4. The Morgan fingerprint density at radius 3 is 2.67 bits per heavy atom. The third-order valence-corrected chi connectivity index (χ3v) is 0.785. The molecule has 0 fully saturated rings. The summed E-state index contributed by atoms with van der Waals surface area (Å²) in [7, 11) is 0. The molecule has 72 valence electrons. The molecule has 2 unspecified atom stereocenters. The van der Waals surface area contributed by atoms with Crippen LogP contribution in [0.15, 0.2) is 0 Å². The average molecular weight is 183 g/mol. The van der Waals surface area contributed by atoms with Crippen LogP contribution in [-0.2, 0) is 4.79 Å². The molecular formula is C6H16N4O2. The van der Waals surface area contributed by atoms with E-state index in [2.05, 4.69) is 0 Å². The normalized spacial score (nSPS) is 28.3. The molecule has 0 spiro atoms. The van der Waals surface area contributed by atoms with E-state index in [0.29, 0.717) is 0 Å². The van der Waals surface area contributed by atoms with Crippen LogP contribution in [0, 0.1) is 0 Å². The van der Waals surface area contributed by atoms with Crippen molar-refractivity contribution < 1.29 is 18.1 Å². The first-order valence-corrected chi connectivity index (χ1v) is 3.00. The molecule has 0 saturated carbocycles. The number of carbonyl (C=O) groups is 1. The number of hydrogen-bond donors (Lipinski definition) is 5. The zero-order chi connectivity index (χ0) is 14.9. The lowest BCUT2D eigenvalue weighted by molar-refractivity contribution is -0.138. The zero-order valence-corrected chi connectivity index (χ0v) is 6.24. The van der Waals surface area contributed by atoms with E-state index >= 15 is 0 Å². The minimum absolute atomic E-state index is 1.30. The summed E-state index contributed by atoms with van der Waals surface area (Å²) in [5.74, 6) is -2.05. The van der Waals surface area contributed by atoms with Gasteiger partial charge in [-0.3, -0.25) is 10.1 Å². The maximum absolute atomic E-state index is 10.7. The van der Waals surface area contributed by atoms with Gasteiger partial charge in [0.05, 0.1) is 1.37 Å². The van der Waals surface area contributed by atoms with Crippen LogP contribution in [0.3, 0.4) is 0 Å². The van der Waals surface area contributed by atoms with Gasteiger partial charge in [-0.15, -0.1) is 0 Å².